The summed E-state index contributed by atoms with van der Waals surface area (Å²) in [5.74, 6) is 0. The van der Waals surface area contributed by atoms with Crippen LogP contribution in [0.5, 0.6) is 0 Å². The van der Waals surface area contributed by atoms with Crippen molar-refractivity contribution < 1.29 is 13.2 Å². The van der Waals surface area contributed by atoms with Crippen molar-refractivity contribution in [3.63, 3.8) is 0 Å². The number of anilines is 1. The molecule has 0 aliphatic carbocycles. The van der Waals surface area contributed by atoms with E-state index in [2.05, 4.69) is 12.2 Å². The minimum Gasteiger partial charge on any atom is -0.346 e. The molecular weight excluding hydrogens is 285 g/mol. The molecule has 1 saturated heterocycles. The van der Waals surface area contributed by atoms with E-state index < -0.39 is 11.7 Å². The first-order valence-electron chi connectivity index (χ1n) is 6.63. The van der Waals surface area contributed by atoms with E-state index in [1.54, 1.807) is 6.07 Å². The molecule has 0 saturated carbocycles. The second-order valence-electron chi connectivity index (χ2n) is 5.05. The van der Waals surface area contributed by atoms with Crippen molar-refractivity contribution in [1.29, 1.82) is 0 Å². The zero-order valence-electron chi connectivity index (χ0n) is 11.2. The third-order valence-electron chi connectivity index (χ3n) is 3.51. The van der Waals surface area contributed by atoms with Crippen LogP contribution in [-0.4, -0.2) is 22.6 Å². The second-order valence-corrected chi connectivity index (χ2v) is 5.43. The van der Waals surface area contributed by atoms with Crippen LogP contribution >= 0.6 is 12.2 Å². The Hall–Kier alpha value is -1.30. The zero-order chi connectivity index (χ0) is 14.8. The van der Waals surface area contributed by atoms with Gasteiger partial charge in [-0.3, -0.25) is 0 Å². The first kappa shape index (κ1) is 15.1. The van der Waals surface area contributed by atoms with Gasteiger partial charge < -0.3 is 10.2 Å². The summed E-state index contributed by atoms with van der Waals surface area (Å²) in [6, 6.07) is 5.44. The van der Waals surface area contributed by atoms with Gasteiger partial charge in [0.2, 0.25) is 0 Å². The Kier molecular flexibility index (Phi) is 4.52. The molecule has 1 aliphatic heterocycles. The lowest BCUT2D eigenvalue weighted by molar-refractivity contribution is -0.137. The van der Waals surface area contributed by atoms with Crippen LogP contribution in [0.25, 0.3) is 0 Å². The molecular formula is C14H17F3N2S. The number of nitrogens with zero attached hydrogens (tertiary/aromatic N) is 1. The van der Waals surface area contributed by atoms with E-state index in [-0.39, 0.29) is 0 Å². The first-order chi connectivity index (χ1) is 9.38. The summed E-state index contributed by atoms with van der Waals surface area (Å²) in [5, 5.41) is 3.41. The smallest absolute Gasteiger partial charge is 0.346 e. The molecule has 2 rings (SSSR count). The molecule has 110 valence electrons. The highest BCUT2D eigenvalue weighted by atomic mass is 32.1. The number of thiocarbonyl (C=S) groups is 1. The molecule has 0 bridgehead atoms. The van der Waals surface area contributed by atoms with Crippen molar-refractivity contribution in [3.05, 3.63) is 29.8 Å². The summed E-state index contributed by atoms with van der Waals surface area (Å²) in [7, 11) is 0. The number of benzene rings is 1. The Balaban J connectivity index is 2.08. The Morgan fingerprint density at radius 3 is 2.75 bits per heavy atom. The molecule has 0 amide bonds. The van der Waals surface area contributed by atoms with Crippen molar-refractivity contribution in [2.24, 2.45) is 0 Å². The molecule has 0 radical (unpaired) electrons. The highest BCUT2D eigenvalue weighted by Gasteiger charge is 2.30. The van der Waals surface area contributed by atoms with Gasteiger partial charge in [-0.2, -0.15) is 13.2 Å². The molecule has 1 aromatic carbocycles. The molecule has 1 unspecified atom stereocenters. The minimum atomic E-state index is -4.34. The van der Waals surface area contributed by atoms with E-state index in [4.69, 9.17) is 12.2 Å². The Bertz CT molecular complexity index is 488. The van der Waals surface area contributed by atoms with E-state index >= 15 is 0 Å². The van der Waals surface area contributed by atoms with Crippen LogP contribution in [0.4, 0.5) is 18.9 Å². The molecule has 1 heterocycles. The van der Waals surface area contributed by atoms with Gasteiger partial charge in [0.25, 0.3) is 0 Å². The molecule has 1 aliphatic rings. The summed E-state index contributed by atoms with van der Waals surface area (Å²) in [6.45, 7) is 2.94. The minimum absolute atomic E-state index is 0.328. The summed E-state index contributed by atoms with van der Waals surface area (Å²) in [6.07, 6.45) is -1.04. The normalized spacial score (nSPS) is 19.8. The predicted octanol–water partition coefficient (Wildman–Crippen LogP) is 4.28. The van der Waals surface area contributed by atoms with Crippen LogP contribution < -0.4 is 5.32 Å². The lowest BCUT2D eigenvalue weighted by Crippen LogP contribution is -2.44. The van der Waals surface area contributed by atoms with Gasteiger partial charge >= 0.3 is 6.18 Å². The third kappa shape index (κ3) is 3.62. The van der Waals surface area contributed by atoms with Crippen molar-refractivity contribution >= 4 is 23.0 Å². The molecule has 6 heteroatoms. The van der Waals surface area contributed by atoms with Gasteiger partial charge in [0, 0.05) is 18.3 Å². The predicted molar refractivity (Wildman–Crippen MR) is 77.7 cm³/mol. The highest BCUT2D eigenvalue weighted by Crippen LogP contribution is 2.30. The van der Waals surface area contributed by atoms with Gasteiger partial charge in [0.05, 0.1) is 5.56 Å². The maximum absolute atomic E-state index is 12.7. The van der Waals surface area contributed by atoms with Crippen molar-refractivity contribution in [3.8, 4) is 0 Å². The summed E-state index contributed by atoms with van der Waals surface area (Å²) in [4.78, 5) is 2.04. The fourth-order valence-corrected chi connectivity index (χ4v) is 2.76. The maximum atomic E-state index is 12.7. The molecule has 20 heavy (non-hydrogen) atoms. The van der Waals surface area contributed by atoms with Gasteiger partial charge in [-0.1, -0.05) is 6.07 Å². The number of hydrogen-bond donors (Lipinski definition) is 1. The van der Waals surface area contributed by atoms with Gasteiger partial charge in [-0.25, -0.2) is 0 Å². The summed E-state index contributed by atoms with van der Waals surface area (Å²) in [5.41, 5.74) is -0.292. The number of likely N-dealkylation sites (tertiary alicyclic amines) is 1. The molecule has 1 fully saturated rings. The van der Waals surface area contributed by atoms with Crippen molar-refractivity contribution in [1.82, 2.24) is 4.90 Å². The fourth-order valence-electron chi connectivity index (χ4n) is 2.37. The number of nitrogens with one attached hydrogen (secondary N) is 1. The van der Waals surface area contributed by atoms with Gasteiger partial charge in [0.15, 0.2) is 5.11 Å². The molecule has 1 atom stereocenters. The first-order valence-corrected chi connectivity index (χ1v) is 7.03. The molecule has 2 nitrogen and oxygen atoms in total. The van der Waals surface area contributed by atoms with Gasteiger partial charge in [0.1, 0.15) is 0 Å². The molecule has 0 aromatic heterocycles. The third-order valence-corrected chi connectivity index (χ3v) is 3.84. The second kappa shape index (κ2) is 5.99. The average molecular weight is 302 g/mol. The quantitative estimate of drug-likeness (QED) is 0.780. The van der Waals surface area contributed by atoms with E-state index in [1.807, 2.05) is 4.90 Å². The number of alkyl halides is 3. The van der Waals surface area contributed by atoms with Crippen LogP contribution in [0.1, 0.15) is 31.7 Å². The van der Waals surface area contributed by atoms with Crippen LogP contribution in [0.2, 0.25) is 0 Å². The molecule has 0 spiro atoms. The lowest BCUT2D eigenvalue weighted by atomic mass is 10.0. The van der Waals surface area contributed by atoms with Crippen LogP contribution in [0, 0.1) is 0 Å². The maximum Gasteiger partial charge on any atom is 0.416 e. The number of halogens is 3. The van der Waals surface area contributed by atoms with E-state index in [1.165, 1.54) is 12.5 Å². The zero-order valence-corrected chi connectivity index (χ0v) is 12.0. The van der Waals surface area contributed by atoms with E-state index in [0.29, 0.717) is 16.8 Å². The van der Waals surface area contributed by atoms with E-state index in [9.17, 15) is 13.2 Å². The monoisotopic (exact) mass is 302 g/mol. The Morgan fingerprint density at radius 2 is 2.10 bits per heavy atom. The fraction of sp³-hybridized carbons (Fsp3) is 0.500. The van der Waals surface area contributed by atoms with Gasteiger partial charge in [-0.15, -0.1) is 0 Å². The molecule has 1 N–H and O–H groups in total. The largest absolute Gasteiger partial charge is 0.416 e. The van der Waals surface area contributed by atoms with Crippen LogP contribution in [0.15, 0.2) is 24.3 Å². The van der Waals surface area contributed by atoms with E-state index in [0.717, 1.165) is 31.5 Å². The average Bonchev–Trinajstić information content (AvgIpc) is 2.38. The standard InChI is InChI=1S/C14H17F3N2S/c1-10-5-2-3-8-19(10)13(20)18-12-7-4-6-11(9-12)14(15,16)17/h4,6-7,9-10H,2-3,5,8H2,1H3,(H,18,20). The number of piperidine rings is 1. The number of rotatable bonds is 1. The van der Waals surface area contributed by atoms with Crippen molar-refractivity contribution in [2.75, 3.05) is 11.9 Å². The Morgan fingerprint density at radius 1 is 1.35 bits per heavy atom. The topological polar surface area (TPSA) is 15.3 Å². The highest BCUT2D eigenvalue weighted by molar-refractivity contribution is 7.80. The SMILES string of the molecule is CC1CCCCN1C(=S)Nc1cccc(C(F)(F)F)c1. The van der Waals surface area contributed by atoms with Gasteiger partial charge in [-0.05, 0) is 56.6 Å². The summed E-state index contributed by atoms with van der Waals surface area (Å²) < 4.78 is 38.0. The lowest BCUT2D eigenvalue weighted by Gasteiger charge is -2.35. The Labute approximate surface area is 122 Å². The molecule has 1 aromatic rings. The van der Waals surface area contributed by atoms with Crippen molar-refractivity contribution in [2.45, 2.75) is 38.4 Å². The van der Waals surface area contributed by atoms with Crippen LogP contribution in [0.3, 0.4) is 0 Å². The summed E-state index contributed by atoms with van der Waals surface area (Å²) >= 11 is 5.30. The van der Waals surface area contributed by atoms with Crippen LogP contribution in [-0.2, 0) is 6.18 Å². The number of hydrogen-bond acceptors (Lipinski definition) is 1.